The summed E-state index contributed by atoms with van der Waals surface area (Å²) in [6.07, 6.45) is -0.514. The molecule has 0 aromatic heterocycles. The number of carbonyl (C=O) groups is 2. The van der Waals surface area contributed by atoms with E-state index in [2.05, 4.69) is 16.0 Å². The molecule has 0 saturated heterocycles. The normalized spacial score (nSPS) is 10.0. The molecule has 28 heavy (non-hydrogen) atoms. The van der Waals surface area contributed by atoms with Gasteiger partial charge in [-0.1, -0.05) is 30.3 Å². The minimum Gasteiger partial charge on any atom is -0.450 e. The van der Waals surface area contributed by atoms with Crippen molar-refractivity contribution in [2.24, 2.45) is 0 Å². The van der Waals surface area contributed by atoms with Crippen LogP contribution in [-0.4, -0.2) is 18.6 Å². The van der Waals surface area contributed by atoms with Gasteiger partial charge in [0.15, 0.2) is 0 Å². The lowest BCUT2D eigenvalue weighted by atomic mass is 10.1. The van der Waals surface area contributed by atoms with Gasteiger partial charge in [-0.15, -0.1) is 0 Å². The first kappa shape index (κ1) is 19.0. The molecule has 0 radical (unpaired) electrons. The van der Waals surface area contributed by atoms with Crippen molar-refractivity contribution >= 4 is 34.7 Å². The van der Waals surface area contributed by atoms with Crippen molar-refractivity contribution in [2.75, 3.05) is 22.6 Å². The van der Waals surface area contributed by atoms with Crippen LogP contribution in [0, 0.1) is 0 Å². The summed E-state index contributed by atoms with van der Waals surface area (Å²) >= 11 is 0. The topological polar surface area (TPSA) is 79.5 Å². The van der Waals surface area contributed by atoms with Crippen molar-refractivity contribution in [3.63, 3.8) is 0 Å². The van der Waals surface area contributed by atoms with Gasteiger partial charge in [0.25, 0.3) is 5.91 Å². The molecule has 0 saturated carbocycles. The predicted octanol–water partition coefficient (Wildman–Crippen LogP) is 5.25. The number of para-hydroxylation sites is 2. The van der Waals surface area contributed by atoms with Crippen molar-refractivity contribution in [3.8, 4) is 0 Å². The zero-order valence-corrected chi connectivity index (χ0v) is 15.4. The van der Waals surface area contributed by atoms with Gasteiger partial charge in [-0.2, -0.15) is 0 Å². The van der Waals surface area contributed by atoms with Crippen LogP contribution in [0.3, 0.4) is 0 Å². The zero-order valence-electron chi connectivity index (χ0n) is 15.4. The predicted molar refractivity (Wildman–Crippen MR) is 111 cm³/mol. The minimum atomic E-state index is -0.514. The molecule has 0 heterocycles. The second-order valence-corrected chi connectivity index (χ2v) is 5.91. The molecular formula is C22H21N3O3. The molecule has 0 bridgehead atoms. The van der Waals surface area contributed by atoms with Gasteiger partial charge in [-0.25, -0.2) is 4.79 Å². The highest BCUT2D eigenvalue weighted by atomic mass is 16.5. The fraction of sp³-hybridized carbons (Fsp3) is 0.0909. The average molecular weight is 375 g/mol. The molecule has 2 amide bonds. The second-order valence-electron chi connectivity index (χ2n) is 5.91. The molecule has 3 rings (SSSR count). The zero-order chi connectivity index (χ0) is 19.8. The van der Waals surface area contributed by atoms with Crippen LogP contribution in [0.5, 0.6) is 0 Å². The number of amides is 2. The lowest BCUT2D eigenvalue weighted by molar-refractivity contribution is 0.102. The Morgan fingerprint density at radius 3 is 2.04 bits per heavy atom. The lowest BCUT2D eigenvalue weighted by Crippen LogP contribution is -2.15. The maximum absolute atomic E-state index is 12.7. The summed E-state index contributed by atoms with van der Waals surface area (Å²) in [5, 5.41) is 8.73. The summed E-state index contributed by atoms with van der Waals surface area (Å²) in [6.45, 7) is 2.04. The molecule has 0 spiro atoms. The van der Waals surface area contributed by atoms with E-state index in [1.54, 1.807) is 37.3 Å². The molecule has 0 atom stereocenters. The summed E-state index contributed by atoms with van der Waals surface area (Å²) in [6, 6.07) is 23.8. The van der Waals surface area contributed by atoms with E-state index in [9.17, 15) is 9.59 Å². The summed E-state index contributed by atoms with van der Waals surface area (Å²) in [4.78, 5) is 24.2. The van der Waals surface area contributed by atoms with E-state index >= 15 is 0 Å². The van der Waals surface area contributed by atoms with E-state index in [1.807, 2.05) is 48.5 Å². The highest BCUT2D eigenvalue weighted by Crippen LogP contribution is 2.22. The molecular weight excluding hydrogens is 354 g/mol. The Labute approximate surface area is 163 Å². The molecule has 0 aliphatic heterocycles. The van der Waals surface area contributed by atoms with Crippen LogP contribution in [0.25, 0.3) is 0 Å². The van der Waals surface area contributed by atoms with Gasteiger partial charge < -0.3 is 15.4 Å². The fourth-order valence-corrected chi connectivity index (χ4v) is 2.59. The molecule has 142 valence electrons. The summed E-state index contributed by atoms with van der Waals surface area (Å²) in [5.74, 6) is -0.231. The van der Waals surface area contributed by atoms with E-state index in [4.69, 9.17) is 4.74 Å². The Kier molecular flexibility index (Phi) is 6.25. The molecule has 3 aromatic carbocycles. The van der Waals surface area contributed by atoms with Crippen molar-refractivity contribution in [1.82, 2.24) is 0 Å². The first-order valence-electron chi connectivity index (χ1n) is 8.92. The van der Waals surface area contributed by atoms with Crippen molar-refractivity contribution < 1.29 is 14.3 Å². The second kappa shape index (κ2) is 9.23. The molecule has 0 aliphatic rings. The Bertz CT molecular complexity index is 941. The Balaban J connectivity index is 1.69. The van der Waals surface area contributed by atoms with Gasteiger partial charge in [0.05, 0.1) is 17.9 Å². The number of nitrogens with one attached hydrogen (secondary N) is 3. The van der Waals surface area contributed by atoms with Gasteiger partial charge in [0.2, 0.25) is 0 Å². The number of rotatable bonds is 6. The molecule has 3 aromatic rings. The molecule has 6 heteroatoms. The lowest BCUT2D eigenvalue weighted by Gasteiger charge is -2.12. The van der Waals surface area contributed by atoms with Crippen molar-refractivity contribution in [3.05, 3.63) is 84.4 Å². The molecule has 0 unspecified atom stereocenters. The largest absolute Gasteiger partial charge is 0.450 e. The molecule has 6 nitrogen and oxygen atoms in total. The number of benzene rings is 3. The highest BCUT2D eigenvalue weighted by molar-refractivity contribution is 6.08. The quantitative estimate of drug-likeness (QED) is 0.550. The van der Waals surface area contributed by atoms with E-state index in [1.165, 1.54) is 0 Å². The summed E-state index contributed by atoms with van der Waals surface area (Å²) in [5.41, 5.74) is 3.35. The average Bonchev–Trinajstić information content (AvgIpc) is 2.71. The SMILES string of the molecule is CCOC(=O)Nc1ccc(NC(=O)c2ccccc2Nc2ccccc2)cc1. The Morgan fingerprint density at radius 2 is 1.36 bits per heavy atom. The van der Waals surface area contributed by atoms with E-state index in [-0.39, 0.29) is 5.91 Å². The third-order valence-corrected chi connectivity index (χ3v) is 3.89. The number of carbonyl (C=O) groups excluding carboxylic acids is 2. The maximum atomic E-state index is 12.7. The monoisotopic (exact) mass is 375 g/mol. The highest BCUT2D eigenvalue weighted by Gasteiger charge is 2.11. The smallest absolute Gasteiger partial charge is 0.411 e. The Morgan fingerprint density at radius 1 is 0.750 bits per heavy atom. The van der Waals surface area contributed by atoms with Gasteiger partial charge in [-0.3, -0.25) is 10.1 Å². The number of hydrogen-bond donors (Lipinski definition) is 3. The van der Waals surface area contributed by atoms with Crippen LogP contribution in [0.2, 0.25) is 0 Å². The van der Waals surface area contributed by atoms with Gasteiger partial charge in [-0.05, 0) is 55.5 Å². The molecule has 0 fully saturated rings. The van der Waals surface area contributed by atoms with Crippen LogP contribution in [0.15, 0.2) is 78.9 Å². The van der Waals surface area contributed by atoms with Crippen LogP contribution < -0.4 is 16.0 Å². The van der Waals surface area contributed by atoms with Gasteiger partial charge in [0.1, 0.15) is 0 Å². The third kappa shape index (κ3) is 5.11. The number of anilines is 4. The fourth-order valence-electron chi connectivity index (χ4n) is 2.59. The number of hydrogen-bond acceptors (Lipinski definition) is 4. The standard InChI is InChI=1S/C22H21N3O3/c1-2-28-22(27)25-18-14-12-17(13-15-18)24-21(26)19-10-6-7-11-20(19)23-16-8-4-3-5-9-16/h3-15,23H,2H2,1H3,(H,24,26)(H,25,27). The first-order chi connectivity index (χ1) is 13.7. The van der Waals surface area contributed by atoms with Crippen molar-refractivity contribution in [1.29, 1.82) is 0 Å². The van der Waals surface area contributed by atoms with E-state index in [0.717, 1.165) is 5.69 Å². The van der Waals surface area contributed by atoms with Crippen LogP contribution in [-0.2, 0) is 4.74 Å². The molecule has 3 N–H and O–H groups in total. The van der Waals surface area contributed by atoms with E-state index < -0.39 is 6.09 Å². The van der Waals surface area contributed by atoms with Gasteiger partial charge in [0, 0.05) is 17.1 Å². The summed E-state index contributed by atoms with van der Waals surface area (Å²) in [7, 11) is 0. The molecule has 0 aliphatic carbocycles. The maximum Gasteiger partial charge on any atom is 0.411 e. The first-order valence-corrected chi connectivity index (χ1v) is 8.92. The van der Waals surface area contributed by atoms with Gasteiger partial charge >= 0.3 is 6.09 Å². The Hall–Kier alpha value is -3.80. The van der Waals surface area contributed by atoms with Crippen LogP contribution in [0.1, 0.15) is 17.3 Å². The van der Waals surface area contributed by atoms with Crippen molar-refractivity contribution in [2.45, 2.75) is 6.92 Å². The van der Waals surface area contributed by atoms with E-state index in [0.29, 0.717) is 29.2 Å². The van der Waals surface area contributed by atoms with Crippen LogP contribution in [0.4, 0.5) is 27.5 Å². The minimum absolute atomic E-state index is 0.231. The third-order valence-electron chi connectivity index (χ3n) is 3.89. The number of ether oxygens (including phenoxy) is 1. The van der Waals surface area contributed by atoms with Crippen LogP contribution >= 0.6 is 0 Å². The summed E-state index contributed by atoms with van der Waals surface area (Å²) < 4.78 is 4.83.